The van der Waals surface area contributed by atoms with Crippen molar-refractivity contribution in [1.29, 1.82) is 0 Å². The molecule has 0 aliphatic carbocycles. The summed E-state index contributed by atoms with van der Waals surface area (Å²) in [5.41, 5.74) is 5.81. The van der Waals surface area contributed by atoms with Crippen LogP contribution in [0.4, 0.5) is 5.13 Å². The fourth-order valence-electron chi connectivity index (χ4n) is 1.58. The van der Waals surface area contributed by atoms with Crippen molar-refractivity contribution in [3.05, 3.63) is 45.9 Å². The Bertz CT molecular complexity index is 659. The van der Waals surface area contributed by atoms with Gasteiger partial charge in [-0.05, 0) is 6.07 Å². The third-order valence-corrected chi connectivity index (χ3v) is 3.51. The molecule has 0 fully saturated rings. The fourth-order valence-corrected chi connectivity index (χ4v) is 2.37. The summed E-state index contributed by atoms with van der Waals surface area (Å²) in [6.07, 6.45) is 0. The lowest BCUT2D eigenvalue weighted by Gasteiger charge is -2.15. The molecule has 2 rings (SSSR count). The number of carboxylic acids is 1. The second-order valence-electron chi connectivity index (χ2n) is 3.84. The lowest BCUT2D eigenvalue weighted by Crippen LogP contribution is -2.34. The van der Waals surface area contributed by atoms with Crippen molar-refractivity contribution in [2.75, 3.05) is 5.73 Å². The number of anilines is 1. The molecule has 4 N–H and O–H groups in total. The molecule has 1 aromatic carbocycles. The van der Waals surface area contributed by atoms with E-state index in [2.05, 4.69) is 10.3 Å². The standard InChI is InChI=1S/C12H10ClN3O3S/c13-7-4-2-1-3-6(7)9(11(18)19)16-10(17)8-5-20-12(14)15-8/h1-5,9H,(H2,14,15)(H,16,17)(H,18,19)/t9-/m1/s1. The van der Waals surface area contributed by atoms with Crippen LogP contribution in [0.1, 0.15) is 22.1 Å². The van der Waals surface area contributed by atoms with Gasteiger partial charge in [-0.25, -0.2) is 9.78 Å². The fraction of sp³-hybridized carbons (Fsp3) is 0.0833. The molecule has 20 heavy (non-hydrogen) atoms. The molecule has 0 bridgehead atoms. The van der Waals surface area contributed by atoms with Gasteiger partial charge in [-0.15, -0.1) is 11.3 Å². The van der Waals surface area contributed by atoms with Gasteiger partial charge < -0.3 is 16.2 Å². The van der Waals surface area contributed by atoms with Crippen molar-refractivity contribution in [2.24, 2.45) is 0 Å². The molecule has 0 saturated heterocycles. The number of nitrogen functional groups attached to an aromatic ring is 1. The number of rotatable bonds is 4. The molecule has 1 aromatic heterocycles. The third kappa shape index (κ3) is 3.06. The summed E-state index contributed by atoms with van der Waals surface area (Å²) < 4.78 is 0. The van der Waals surface area contributed by atoms with Gasteiger partial charge in [0.05, 0.1) is 0 Å². The summed E-state index contributed by atoms with van der Waals surface area (Å²) in [4.78, 5) is 27.0. The number of nitrogens with two attached hydrogens (primary N) is 1. The number of nitrogens with zero attached hydrogens (tertiary/aromatic N) is 1. The Morgan fingerprint density at radius 2 is 2.10 bits per heavy atom. The number of halogens is 1. The van der Waals surface area contributed by atoms with Gasteiger partial charge in [0.2, 0.25) is 0 Å². The first kappa shape index (κ1) is 14.3. The number of hydrogen-bond acceptors (Lipinski definition) is 5. The van der Waals surface area contributed by atoms with Gasteiger partial charge in [0.25, 0.3) is 5.91 Å². The second-order valence-corrected chi connectivity index (χ2v) is 5.13. The van der Waals surface area contributed by atoms with Crippen LogP contribution in [0.3, 0.4) is 0 Å². The van der Waals surface area contributed by atoms with Crippen LogP contribution in [-0.4, -0.2) is 22.0 Å². The Balaban J connectivity index is 2.25. The number of carboxylic acid groups (broad SMARTS) is 1. The van der Waals surface area contributed by atoms with Crippen molar-refractivity contribution < 1.29 is 14.7 Å². The molecular formula is C12H10ClN3O3S. The third-order valence-electron chi connectivity index (χ3n) is 2.49. The van der Waals surface area contributed by atoms with Crippen molar-refractivity contribution in [3.63, 3.8) is 0 Å². The first-order valence-electron chi connectivity index (χ1n) is 5.48. The maximum Gasteiger partial charge on any atom is 0.330 e. The highest BCUT2D eigenvalue weighted by molar-refractivity contribution is 7.13. The van der Waals surface area contributed by atoms with Crippen molar-refractivity contribution >= 4 is 39.9 Å². The molecule has 6 nitrogen and oxygen atoms in total. The molecule has 0 radical (unpaired) electrons. The second kappa shape index (κ2) is 5.89. The van der Waals surface area contributed by atoms with Crippen LogP contribution in [0.15, 0.2) is 29.6 Å². The number of hydrogen-bond donors (Lipinski definition) is 3. The zero-order valence-corrected chi connectivity index (χ0v) is 11.6. The van der Waals surface area contributed by atoms with Gasteiger partial charge >= 0.3 is 5.97 Å². The quantitative estimate of drug-likeness (QED) is 0.800. The molecule has 104 valence electrons. The van der Waals surface area contributed by atoms with E-state index >= 15 is 0 Å². The summed E-state index contributed by atoms with van der Waals surface area (Å²) in [6, 6.07) is 5.16. The SMILES string of the molecule is Nc1nc(C(=O)N[C@@H](C(=O)O)c2ccccc2Cl)cs1. The average molecular weight is 312 g/mol. The van der Waals surface area contributed by atoms with Gasteiger partial charge in [-0.3, -0.25) is 4.79 Å². The monoisotopic (exact) mass is 311 g/mol. The van der Waals surface area contributed by atoms with Crippen molar-refractivity contribution in [2.45, 2.75) is 6.04 Å². The predicted octanol–water partition coefficient (Wildman–Crippen LogP) is 1.93. The van der Waals surface area contributed by atoms with Crippen LogP contribution in [0.5, 0.6) is 0 Å². The van der Waals surface area contributed by atoms with Gasteiger partial charge in [0.15, 0.2) is 11.2 Å². The van der Waals surface area contributed by atoms with E-state index in [1.807, 2.05) is 0 Å². The van der Waals surface area contributed by atoms with E-state index in [9.17, 15) is 14.7 Å². The van der Waals surface area contributed by atoms with Crippen LogP contribution in [-0.2, 0) is 4.79 Å². The number of nitrogens with one attached hydrogen (secondary N) is 1. The van der Waals surface area contributed by atoms with E-state index < -0.39 is 17.9 Å². The first-order chi connectivity index (χ1) is 9.49. The number of amides is 1. The normalized spacial score (nSPS) is 11.8. The van der Waals surface area contributed by atoms with Crippen LogP contribution in [0.2, 0.25) is 5.02 Å². The van der Waals surface area contributed by atoms with Gasteiger partial charge in [-0.2, -0.15) is 0 Å². The van der Waals surface area contributed by atoms with Crippen LogP contribution < -0.4 is 11.1 Å². The molecule has 1 heterocycles. The maximum absolute atomic E-state index is 11.9. The number of aliphatic carboxylic acids is 1. The smallest absolute Gasteiger partial charge is 0.330 e. The summed E-state index contributed by atoms with van der Waals surface area (Å²) >= 11 is 7.05. The molecule has 2 aromatic rings. The number of aromatic nitrogens is 1. The summed E-state index contributed by atoms with van der Waals surface area (Å²) in [7, 11) is 0. The van der Waals surface area contributed by atoms with E-state index in [0.29, 0.717) is 5.56 Å². The van der Waals surface area contributed by atoms with Crippen LogP contribution in [0.25, 0.3) is 0 Å². The molecule has 0 aliphatic rings. The average Bonchev–Trinajstić information content (AvgIpc) is 2.83. The van der Waals surface area contributed by atoms with E-state index in [1.165, 1.54) is 11.4 Å². The van der Waals surface area contributed by atoms with E-state index in [1.54, 1.807) is 18.2 Å². The first-order valence-corrected chi connectivity index (χ1v) is 6.74. The van der Waals surface area contributed by atoms with E-state index in [-0.39, 0.29) is 15.8 Å². The topological polar surface area (TPSA) is 105 Å². The molecule has 1 atom stereocenters. The minimum atomic E-state index is -1.25. The summed E-state index contributed by atoms with van der Waals surface area (Å²) in [5.74, 6) is -1.83. The highest BCUT2D eigenvalue weighted by Gasteiger charge is 2.25. The van der Waals surface area contributed by atoms with Crippen molar-refractivity contribution in [1.82, 2.24) is 10.3 Å². The van der Waals surface area contributed by atoms with Gasteiger partial charge in [0, 0.05) is 16.0 Å². The minimum Gasteiger partial charge on any atom is -0.479 e. The molecule has 0 aliphatic heterocycles. The van der Waals surface area contributed by atoms with E-state index in [0.717, 1.165) is 11.3 Å². The Kier molecular flexibility index (Phi) is 4.21. The summed E-state index contributed by atoms with van der Waals surface area (Å²) in [5, 5.41) is 13.6. The van der Waals surface area contributed by atoms with Crippen LogP contribution >= 0.6 is 22.9 Å². The number of thiazole rings is 1. The Morgan fingerprint density at radius 1 is 1.40 bits per heavy atom. The maximum atomic E-state index is 11.9. The highest BCUT2D eigenvalue weighted by atomic mass is 35.5. The Labute approximate surface area is 123 Å². The zero-order chi connectivity index (χ0) is 14.7. The lowest BCUT2D eigenvalue weighted by molar-refractivity contribution is -0.139. The predicted molar refractivity (Wildman–Crippen MR) is 75.8 cm³/mol. The lowest BCUT2D eigenvalue weighted by atomic mass is 10.1. The van der Waals surface area contributed by atoms with Gasteiger partial charge in [-0.1, -0.05) is 29.8 Å². The minimum absolute atomic E-state index is 0.0748. The molecule has 8 heteroatoms. The molecular weight excluding hydrogens is 302 g/mol. The molecule has 0 saturated carbocycles. The van der Waals surface area contributed by atoms with Crippen LogP contribution in [0, 0.1) is 0 Å². The summed E-state index contributed by atoms with van der Waals surface area (Å²) in [6.45, 7) is 0. The zero-order valence-electron chi connectivity index (χ0n) is 10.0. The highest BCUT2D eigenvalue weighted by Crippen LogP contribution is 2.23. The molecule has 0 spiro atoms. The van der Waals surface area contributed by atoms with E-state index in [4.69, 9.17) is 17.3 Å². The van der Waals surface area contributed by atoms with Crippen molar-refractivity contribution in [3.8, 4) is 0 Å². The number of carbonyl (C=O) groups is 2. The Morgan fingerprint density at radius 3 is 2.65 bits per heavy atom. The van der Waals surface area contributed by atoms with Gasteiger partial charge in [0.1, 0.15) is 5.69 Å². The largest absolute Gasteiger partial charge is 0.479 e. The number of benzene rings is 1. The number of carbonyl (C=O) groups excluding carboxylic acids is 1. The molecule has 1 amide bonds. The Hall–Kier alpha value is -2.12. The molecule has 0 unspecified atom stereocenters.